The van der Waals surface area contributed by atoms with E-state index in [1.54, 1.807) is 24.3 Å². The Hall–Kier alpha value is -3.75. The number of hydrogen-bond acceptors (Lipinski definition) is 5. The van der Waals surface area contributed by atoms with Crippen molar-refractivity contribution in [3.05, 3.63) is 129 Å². The van der Waals surface area contributed by atoms with Crippen LogP contribution in [-0.4, -0.2) is 20.5 Å². The van der Waals surface area contributed by atoms with E-state index >= 15 is 0 Å². The summed E-state index contributed by atoms with van der Waals surface area (Å²) in [5, 5.41) is 4.15. The maximum Gasteiger partial charge on any atom is 0.339 e. The molecule has 0 fully saturated rings. The molecule has 4 aromatic rings. The van der Waals surface area contributed by atoms with Crippen LogP contribution in [-0.2, 0) is 21.3 Å². The standard InChI is InChI=1S/C30H27BrN2O4S/c1-21-12-15-27(16-13-21)38(35,36)37-29-17-14-26(31)18-25(29)20-32-33-30(34)28(23-9-4-3-5-10-23)19-24-11-7-6-8-22(24)2/h3-18,20,28H,19H2,1-2H3,(H,33,34)/b32-20+. The zero-order valence-corrected chi connectivity index (χ0v) is 23.4. The topological polar surface area (TPSA) is 84.8 Å². The molecule has 0 aliphatic heterocycles. The van der Waals surface area contributed by atoms with Crippen molar-refractivity contribution in [1.29, 1.82) is 0 Å². The molecule has 1 unspecified atom stereocenters. The first-order chi connectivity index (χ1) is 18.2. The average molecular weight is 592 g/mol. The fraction of sp³-hybridized carbons (Fsp3) is 0.133. The summed E-state index contributed by atoms with van der Waals surface area (Å²) in [4.78, 5) is 13.3. The van der Waals surface area contributed by atoms with Crippen LogP contribution >= 0.6 is 15.9 Å². The van der Waals surface area contributed by atoms with Gasteiger partial charge >= 0.3 is 10.1 Å². The average Bonchev–Trinajstić information content (AvgIpc) is 2.90. The van der Waals surface area contributed by atoms with Crippen LogP contribution in [0.2, 0.25) is 0 Å². The Morgan fingerprint density at radius 2 is 1.63 bits per heavy atom. The molecule has 0 aliphatic rings. The van der Waals surface area contributed by atoms with Gasteiger partial charge < -0.3 is 4.18 Å². The van der Waals surface area contributed by atoms with E-state index in [1.165, 1.54) is 24.4 Å². The van der Waals surface area contributed by atoms with Crippen LogP contribution in [0.25, 0.3) is 0 Å². The van der Waals surface area contributed by atoms with Crippen molar-refractivity contribution in [1.82, 2.24) is 5.43 Å². The Morgan fingerprint density at radius 1 is 0.947 bits per heavy atom. The van der Waals surface area contributed by atoms with Crippen LogP contribution in [0, 0.1) is 13.8 Å². The normalized spacial score (nSPS) is 12.3. The second kappa shape index (κ2) is 12.2. The third-order valence-electron chi connectivity index (χ3n) is 6.06. The molecule has 0 heterocycles. The summed E-state index contributed by atoms with van der Waals surface area (Å²) in [5.41, 5.74) is 7.00. The van der Waals surface area contributed by atoms with Gasteiger partial charge in [-0.05, 0) is 67.3 Å². The van der Waals surface area contributed by atoms with Crippen LogP contribution in [0.3, 0.4) is 0 Å². The van der Waals surface area contributed by atoms with Crippen LogP contribution in [0.1, 0.15) is 33.7 Å². The predicted molar refractivity (Wildman–Crippen MR) is 153 cm³/mol. The molecule has 4 aromatic carbocycles. The number of hydrogen-bond donors (Lipinski definition) is 1. The molecule has 194 valence electrons. The quantitative estimate of drug-likeness (QED) is 0.141. The van der Waals surface area contributed by atoms with Gasteiger partial charge in [0, 0.05) is 10.0 Å². The van der Waals surface area contributed by atoms with Gasteiger partial charge in [-0.1, -0.05) is 88.2 Å². The lowest BCUT2D eigenvalue weighted by Crippen LogP contribution is -2.27. The molecule has 0 saturated heterocycles. The van der Waals surface area contributed by atoms with Crippen LogP contribution in [0.4, 0.5) is 0 Å². The highest BCUT2D eigenvalue weighted by Gasteiger charge is 2.22. The molecule has 0 radical (unpaired) electrons. The molecule has 1 N–H and O–H groups in total. The minimum atomic E-state index is -4.06. The third-order valence-corrected chi connectivity index (χ3v) is 7.80. The molecule has 1 atom stereocenters. The van der Waals surface area contributed by atoms with Crippen molar-refractivity contribution in [3.63, 3.8) is 0 Å². The number of halogens is 1. The highest BCUT2D eigenvalue weighted by Crippen LogP contribution is 2.26. The van der Waals surface area contributed by atoms with E-state index in [0.717, 1.165) is 22.3 Å². The maximum atomic E-state index is 13.3. The fourth-order valence-electron chi connectivity index (χ4n) is 3.92. The summed E-state index contributed by atoms with van der Waals surface area (Å²) < 4.78 is 31.8. The zero-order valence-electron chi connectivity index (χ0n) is 21.0. The Morgan fingerprint density at radius 3 is 2.34 bits per heavy atom. The number of hydrazone groups is 1. The summed E-state index contributed by atoms with van der Waals surface area (Å²) in [6.07, 6.45) is 1.89. The molecule has 0 saturated carbocycles. The minimum Gasteiger partial charge on any atom is -0.378 e. The van der Waals surface area contributed by atoms with Gasteiger partial charge in [0.1, 0.15) is 4.90 Å². The lowest BCUT2D eigenvalue weighted by molar-refractivity contribution is -0.122. The number of nitrogens with zero attached hydrogens (tertiary/aromatic N) is 1. The van der Waals surface area contributed by atoms with E-state index in [0.29, 0.717) is 16.5 Å². The first-order valence-corrected chi connectivity index (χ1v) is 14.2. The Balaban J connectivity index is 1.55. The Bertz CT molecular complexity index is 1550. The molecule has 0 aliphatic carbocycles. The number of rotatable bonds is 9. The Kier molecular flexibility index (Phi) is 8.76. The molecule has 0 aromatic heterocycles. The monoisotopic (exact) mass is 590 g/mol. The van der Waals surface area contributed by atoms with Crippen molar-refractivity contribution in [2.75, 3.05) is 0 Å². The summed E-state index contributed by atoms with van der Waals surface area (Å²) in [6, 6.07) is 28.8. The van der Waals surface area contributed by atoms with E-state index in [9.17, 15) is 13.2 Å². The largest absolute Gasteiger partial charge is 0.378 e. The second-order valence-electron chi connectivity index (χ2n) is 8.86. The van der Waals surface area contributed by atoms with Gasteiger partial charge in [0.2, 0.25) is 5.91 Å². The molecule has 4 rings (SSSR count). The smallest absolute Gasteiger partial charge is 0.339 e. The van der Waals surface area contributed by atoms with E-state index in [-0.39, 0.29) is 16.6 Å². The molecule has 8 heteroatoms. The van der Waals surface area contributed by atoms with Crippen LogP contribution in [0.15, 0.2) is 112 Å². The number of benzene rings is 4. The van der Waals surface area contributed by atoms with Gasteiger partial charge in [-0.3, -0.25) is 4.79 Å². The van der Waals surface area contributed by atoms with Gasteiger partial charge in [0.15, 0.2) is 5.75 Å². The fourth-order valence-corrected chi connectivity index (χ4v) is 5.25. The van der Waals surface area contributed by atoms with Crippen molar-refractivity contribution >= 4 is 38.2 Å². The molecule has 0 spiro atoms. The first-order valence-electron chi connectivity index (χ1n) is 12.0. The molecular formula is C30H27BrN2O4S. The van der Waals surface area contributed by atoms with Crippen LogP contribution < -0.4 is 9.61 Å². The third kappa shape index (κ3) is 6.96. The molecule has 1 amide bonds. The maximum absolute atomic E-state index is 13.3. The van der Waals surface area contributed by atoms with Crippen molar-refractivity contribution in [2.45, 2.75) is 31.1 Å². The van der Waals surface area contributed by atoms with Gasteiger partial charge in [0.05, 0.1) is 12.1 Å². The van der Waals surface area contributed by atoms with Crippen molar-refractivity contribution < 1.29 is 17.4 Å². The van der Waals surface area contributed by atoms with Gasteiger partial charge in [-0.15, -0.1) is 0 Å². The molecule has 6 nitrogen and oxygen atoms in total. The number of aryl methyl sites for hydroxylation is 2. The predicted octanol–water partition coefficient (Wildman–Crippen LogP) is 6.31. The summed E-state index contributed by atoms with van der Waals surface area (Å²) in [6.45, 7) is 3.89. The van der Waals surface area contributed by atoms with Crippen molar-refractivity contribution in [2.24, 2.45) is 5.10 Å². The highest BCUT2D eigenvalue weighted by molar-refractivity contribution is 9.10. The summed E-state index contributed by atoms with van der Waals surface area (Å²) in [7, 11) is -4.06. The number of amides is 1. The van der Waals surface area contributed by atoms with Gasteiger partial charge in [-0.25, -0.2) is 5.43 Å². The van der Waals surface area contributed by atoms with E-state index in [2.05, 4.69) is 26.5 Å². The van der Waals surface area contributed by atoms with Crippen molar-refractivity contribution in [3.8, 4) is 5.75 Å². The highest BCUT2D eigenvalue weighted by atomic mass is 79.9. The van der Waals surface area contributed by atoms with Gasteiger partial charge in [0.25, 0.3) is 0 Å². The number of nitrogens with one attached hydrogen (secondary N) is 1. The Labute approximate surface area is 231 Å². The van der Waals surface area contributed by atoms with E-state index in [4.69, 9.17) is 4.18 Å². The number of carbonyl (C=O) groups is 1. The molecule has 38 heavy (non-hydrogen) atoms. The SMILES string of the molecule is Cc1ccc(S(=O)(=O)Oc2ccc(Br)cc2/C=N/NC(=O)C(Cc2ccccc2C)c2ccccc2)cc1. The number of carbonyl (C=O) groups excluding carboxylic acids is 1. The summed E-state index contributed by atoms with van der Waals surface area (Å²) >= 11 is 3.39. The lowest BCUT2D eigenvalue weighted by Gasteiger charge is -2.17. The zero-order chi connectivity index (χ0) is 27.1. The van der Waals surface area contributed by atoms with Gasteiger partial charge in [-0.2, -0.15) is 13.5 Å². The van der Waals surface area contributed by atoms with Crippen LogP contribution in [0.5, 0.6) is 5.75 Å². The first kappa shape index (κ1) is 27.3. The lowest BCUT2D eigenvalue weighted by atomic mass is 9.90. The summed E-state index contributed by atoms with van der Waals surface area (Å²) in [5.74, 6) is -0.652. The van der Waals surface area contributed by atoms with E-state index in [1.807, 2.05) is 68.4 Å². The molecular weight excluding hydrogens is 564 g/mol. The molecule has 0 bridgehead atoms. The minimum absolute atomic E-state index is 0.0455. The van der Waals surface area contributed by atoms with E-state index < -0.39 is 16.0 Å². The second-order valence-corrected chi connectivity index (χ2v) is 11.3.